The Morgan fingerprint density at radius 3 is 2.53 bits per heavy atom. The number of halogens is 1. The number of hydrogen-bond donors (Lipinski definition) is 0. The first-order chi connectivity index (χ1) is 6.95. The van der Waals surface area contributed by atoms with Crippen molar-refractivity contribution in [1.82, 2.24) is 0 Å². The van der Waals surface area contributed by atoms with Crippen LogP contribution in [-0.4, -0.2) is 5.24 Å². The van der Waals surface area contributed by atoms with Crippen LogP contribution in [0.3, 0.4) is 0 Å². The summed E-state index contributed by atoms with van der Waals surface area (Å²) in [7, 11) is 0. The summed E-state index contributed by atoms with van der Waals surface area (Å²) in [6, 6.07) is 1.94. The van der Waals surface area contributed by atoms with Gasteiger partial charge >= 0.3 is 0 Å². The van der Waals surface area contributed by atoms with Crippen molar-refractivity contribution in [3.63, 3.8) is 0 Å². The highest BCUT2D eigenvalue weighted by Crippen LogP contribution is 2.59. The van der Waals surface area contributed by atoms with E-state index in [9.17, 15) is 4.79 Å². The molecule has 0 aromatic heterocycles. The van der Waals surface area contributed by atoms with E-state index in [-0.39, 0.29) is 22.5 Å². The number of carbonyl (C=O) groups excluding carboxylic acids is 1. The number of rotatable bonds is 3. The normalized spacial score (nSPS) is 25.7. The third-order valence-electron chi connectivity index (χ3n) is 2.90. The van der Waals surface area contributed by atoms with Crippen LogP contribution >= 0.6 is 11.6 Å². The Bertz CT molecular complexity index is 408. The highest BCUT2D eigenvalue weighted by Gasteiger charge is 2.59. The SMILES string of the molecule is C=CC(=C=CC1C(C(=O)Cl)C1(C)C)C#N. The second-order valence-electron chi connectivity index (χ2n) is 4.17. The van der Waals surface area contributed by atoms with E-state index in [1.807, 2.05) is 19.9 Å². The largest absolute Gasteiger partial charge is 0.281 e. The maximum atomic E-state index is 11.0. The van der Waals surface area contributed by atoms with Gasteiger partial charge in [0.2, 0.25) is 5.24 Å². The molecule has 0 saturated heterocycles. The van der Waals surface area contributed by atoms with Gasteiger partial charge in [-0.05, 0) is 29.2 Å². The maximum Gasteiger partial charge on any atom is 0.225 e. The molecule has 0 radical (unpaired) electrons. The van der Waals surface area contributed by atoms with Gasteiger partial charge in [0, 0.05) is 11.8 Å². The summed E-state index contributed by atoms with van der Waals surface area (Å²) in [4.78, 5) is 11.0. The first-order valence-electron chi connectivity index (χ1n) is 4.64. The summed E-state index contributed by atoms with van der Waals surface area (Å²) in [6.45, 7) is 7.43. The highest BCUT2D eigenvalue weighted by atomic mass is 35.5. The molecule has 0 amide bonds. The van der Waals surface area contributed by atoms with E-state index in [0.29, 0.717) is 5.57 Å². The van der Waals surface area contributed by atoms with Gasteiger partial charge in [0.25, 0.3) is 0 Å². The fraction of sp³-hybridized carbons (Fsp3) is 0.417. The van der Waals surface area contributed by atoms with Crippen LogP contribution in [-0.2, 0) is 4.79 Å². The lowest BCUT2D eigenvalue weighted by molar-refractivity contribution is -0.113. The monoisotopic (exact) mass is 221 g/mol. The molecule has 0 aliphatic heterocycles. The van der Waals surface area contributed by atoms with Crippen molar-refractivity contribution >= 4 is 16.8 Å². The second-order valence-corrected chi connectivity index (χ2v) is 4.54. The predicted molar refractivity (Wildman–Crippen MR) is 59.0 cm³/mol. The molecule has 1 rings (SSSR count). The van der Waals surface area contributed by atoms with Crippen molar-refractivity contribution in [3.05, 3.63) is 30.0 Å². The first-order valence-corrected chi connectivity index (χ1v) is 5.01. The second kappa shape index (κ2) is 4.06. The lowest BCUT2D eigenvalue weighted by Crippen LogP contribution is -1.96. The van der Waals surface area contributed by atoms with E-state index in [1.165, 1.54) is 6.08 Å². The highest BCUT2D eigenvalue weighted by molar-refractivity contribution is 6.64. The zero-order valence-electron chi connectivity index (χ0n) is 8.75. The fourth-order valence-corrected chi connectivity index (χ4v) is 2.16. The lowest BCUT2D eigenvalue weighted by Gasteiger charge is -1.95. The Balaban J connectivity index is 2.88. The summed E-state index contributed by atoms with van der Waals surface area (Å²) in [5, 5.41) is 8.31. The van der Waals surface area contributed by atoms with Gasteiger partial charge in [-0.1, -0.05) is 20.4 Å². The van der Waals surface area contributed by atoms with Crippen molar-refractivity contribution in [2.75, 3.05) is 0 Å². The number of nitrogens with zero attached hydrogens (tertiary/aromatic N) is 1. The number of allylic oxidation sites excluding steroid dienone is 2. The van der Waals surface area contributed by atoms with Crippen molar-refractivity contribution in [1.29, 1.82) is 5.26 Å². The van der Waals surface area contributed by atoms with Gasteiger partial charge in [-0.15, -0.1) is 5.73 Å². The average molecular weight is 222 g/mol. The van der Waals surface area contributed by atoms with Crippen LogP contribution in [0.5, 0.6) is 0 Å². The van der Waals surface area contributed by atoms with E-state index >= 15 is 0 Å². The van der Waals surface area contributed by atoms with Gasteiger partial charge in [0.1, 0.15) is 6.07 Å². The molecule has 15 heavy (non-hydrogen) atoms. The van der Waals surface area contributed by atoms with Crippen LogP contribution in [0.2, 0.25) is 0 Å². The average Bonchev–Trinajstić information content (AvgIpc) is 2.70. The topological polar surface area (TPSA) is 40.9 Å². The Morgan fingerprint density at radius 1 is 1.60 bits per heavy atom. The minimum Gasteiger partial charge on any atom is -0.281 e. The van der Waals surface area contributed by atoms with Gasteiger partial charge in [-0.25, -0.2) is 0 Å². The molecule has 1 fully saturated rings. The van der Waals surface area contributed by atoms with Crippen molar-refractivity contribution < 1.29 is 4.79 Å². The molecule has 1 aliphatic carbocycles. The third kappa shape index (κ3) is 2.21. The van der Waals surface area contributed by atoms with Gasteiger partial charge in [-0.2, -0.15) is 5.26 Å². The fourth-order valence-electron chi connectivity index (χ4n) is 1.74. The summed E-state index contributed by atoms with van der Waals surface area (Å²) < 4.78 is 0. The predicted octanol–water partition coefficient (Wildman–Crippen LogP) is 2.82. The summed E-state index contributed by atoms with van der Waals surface area (Å²) in [6.07, 6.45) is 3.18. The molecule has 0 aromatic carbocycles. The van der Waals surface area contributed by atoms with E-state index in [2.05, 4.69) is 12.3 Å². The Morgan fingerprint density at radius 2 is 2.20 bits per heavy atom. The third-order valence-corrected chi connectivity index (χ3v) is 3.13. The minimum atomic E-state index is -0.319. The zero-order chi connectivity index (χ0) is 11.6. The summed E-state index contributed by atoms with van der Waals surface area (Å²) in [5.74, 6) is -0.0813. The molecule has 78 valence electrons. The molecular formula is C12H12ClNO. The number of hydrogen-bond acceptors (Lipinski definition) is 2. The molecule has 2 nitrogen and oxygen atoms in total. The molecule has 2 atom stereocenters. The standard InChI is InChI=1S/C12H12ClNO/c1-4-8(7-14)5-6-9-10(11(13)15)12(9,2)3/h4,6,9-10H,1H2,2-3H3. The maximum absolute atomic E-state index is 11.0. The minimum absolute atomic E-state index is 0.0748. The van der Waals surface area contributed by atoms with Crippen LogP contribution in [0.25, 0.3) is 0 Å². The molecule has 0 N–H and O–H groups in total. The zero-order valence-corrected chi connectivity index (χ0v) is 9.51. The van der Waals surface area contributed by atoms with Crippen LogP contribution < -0.4 is 0 Å². The number of nitriles is 1. The molecule has 1 saturated carbocycles. The summed E-state index contributed by atoms with van der Waals surface area (Å²) in [5.41, 5.74) is 3.08. The van der Waals surface area contributed by atoms with Crippen LogP contribution in [0.15, 0.2) is 30.0 Å². The summed E-state index contributed by atoms with van der Waals surface area (Å²) >= 11 is 5.46. The number of carbonyl (C=O) groups is 1. The van der Waals surface area contributed by atoms with E-state index in [0.717, 1.165) is 0 Å². The molecule has 1 aliphatic rings. The Labute approximate surface area is 94.5 Å². The van der Waals surface area contributed by atoms with E-state index in [1.54, 1.807) is 6.08 Å². The van der Waals surface area contributed by atoms with Crippen molar-refractivity contribution in [2.24, 2.45) is 17.3 Å². The van der Waals surface area contributed by atoms with E-state index in [4.69, 9.17) is 16.9 Å². The first kappa shape index (κ1) is 11.8. The van der Waals surface area contributed by atoms with E-state index < -0.39 is 0 Å². The molecule has 0 heterocycles. The molecule has 2 unspecified atom stereocenters. The van der Waals surface area contributed by atoms with Gasteiger partial charge in [0.05, 0.1) is 5.57 Å². The lowest BCUT2D eigenvalue weighted by atomic mass is 10.1. The van der Waals surface area contributed by atoms with Crippen LogP contribution in [0, 0.1) is 28.6 Å². The molecular weight excluding hydrogens is 210 g/mol. The van der Waals surface area contributed by atoms with Gasteiger partial charge < -0.3 is 0 Å². The Hall–Kier alpha value is -1.29. The van der Waals surface area contributed by atoms with Crippen LogP contribution in [0.1, 0.15) is 13.8 Å². The van der Waals surface area contributed by atoms with Crippen LogP contribution in [0.4, 0.5) is 0 Å². The van der Waals surface area contributed by atoms with Gasteiger partial charge in [0.15, 0.2) is 0 Å². The Kier molecular flexibility index (Phi) is 3.19. The molecule has 0 aromatic rings. The molecule has 0 spiro atoms. The van der Waals surface area contributed by atoms with Gasteiger partial charge in [-0.3, -0.25) is 4.79 Å². The quantitative estimate of drug-likeness (QED) is 0.318. The van der Waals surface area contributed by atoms with Crippen molar-refractivity contribution in [2.45, 2.75) is 13.8 Å². The van der Waals surface area contributed by atoms with Crippen molar-refractivity contribution in [3.8, 4) is 6.07 Å². The molecule has 3 heteroatoms. The molecule has 0 bridgehead atoms. The smallest absolute Gasteiger partial charge is 0.225 e.